The van der Waals surface area contributed by atoms with Crippen molar-refractivity contribution in [1.29, 1.82) is 0 Å². The highest BCUT2D eigenvalue weighted by Crippen LogP contribution is 2.24. The Morgan fingerprint density at radius 1 is 1.36 bits per heavy atom. The molecule has 0 aliphatic heterocycles. The number of likely N-dealkylation sites (N-methyl/N-ethyl adjacent to an activating group) is 1. The van der Waals surface area contributed by atoms with Gasteiger partial charge in [0.15, 0.2) is 6.10 Å². The molecule has 0 spiro atoms. The molecule has 1 aromatic carbocycles. The SMILES string of the molecule is CCc1ccccc1O[C@@H](C)C(=O)N(C)[C@@H]1CCCC[C@H]1O. The molecule has 1 aliphatic rings. The third kappa shape index (κ3) is 3.80. The van der Waals surface area contributed by atoms with E-state index in [1.54, 1.807) is 18.9 Å². The highest BCUT2D eigenvalue weighted by molar-refractivity contribution is 5.81. The number of carbonyl (C=O) groups is 1. The summed E-state index contributed by atoms with van der Waals surface area (Å²) in [4.78, 5) is 14.3. The van der Waals surface area contributed by atoms with Gasteiger partial charge in [-0.2, -0.15) is 0 Å². The van der Waals surface area contributed by atoms with E-state index in [0.29, 0.717) is 0 Å². The second-order valence-electron chi connectivity index (χ2n) is 6.09. The molecule has 3 atom stereocenters. The van der Waals surface area contributed by atoms with E-state index >= 15 is 0 Å². The molecule has 1 aromatic rings. The summed E-state index contributed by atoms with van der Waals surface area (Å²) >= 11 is 0. The zero-order valence-corrected chi connectivity index (χ0v) is 13.8. The van der Waals surface area contributed by atoms with Crippen LogP contribution in [0.5, 0.6) is 5.75 Å². The molecule has 1 fully saturated rings. The number of ether oxygens (including phenoxy) is 1. The minimum atomic E-state index is -0.549. The van der Waals surface area contributed by atoms with Crippen LogP contribution in [0, 0.1) is 0 Å². The molecule has 2 rings (SSSR count). The van der Waals surface area contributed by atoms with Crippen molar-refractivity contribution < 1.29 is 14.6 Å². The van der Waals surface area contributed by atoms with E-state index in [2.05, 4.69) is 6.92 Å². The van der Waals surface area contributed by atoms with Gasteiger partial charge in [0, 0.05) is 7.05 Å². The number of aliphatic hydroxyl groups is 1. The summed E-state index contributed by atoms with van der Waals surface area (Å²) in [6.07, 6.45) is 3.64. The number of hydrogen-bond donors (Lipinski definition) is 1. The summed E-state index contributed by atoms with van der Waals surface area (Å²) in [6, 6.07) is 7.72. The van der Waals surface area contributed by atoms with Crippen LogP contribution in [-0.2, 0) is 11.2 Å². The van der Waals surface area contributed by atoms with E-state index < -0.39 is 12.2 Å². The van der Waals surface area contributed by atoms with Gasteiger partial charge in [-0.3, -0.25) is 4.79 Å². The largest absolute Gasteiger partial charge is 0.481 e. The number of aliphatic hydroxyl groups excluding tert-OH is 1. The Morgan fingerprint density at radius 3 is 2.73 bits per heavy atom. The fourth-order valence-electron chi connectivity index (χ4n) is 3.15. The molecule has 1 amide bonds. The van der Waals surface area contributed by atoms with Crippen molar-refractivity contribution in [1.82, 2.24) is 4.90 Å². The summed E-state index contributed by atoms with van der Waals surface area (Å²) in [7, 11) is 1.77. The lowest BCUT2D eigenvalue weighted by atomic mass is 9.91. The Morgan fingerprint density at radius 2 is 2.05 bits per heavy atom. The van der Waals surface area contributed by atoms with Gasteiger partial charge in [0.25, 0.3) is 5.91 Å². The monoisotopic (exact) mass is 305 g/mol. The van der Waals surface area contributed by atoms with Crippen LogP contribution in [0.2, 0.25) is 0 Å². The summed E-state index contributed by atoms with van der Waals surface area (Å²) in [5.41, 5.74) is 1.10. The number of nitrogens with zero attached hydrogens (tertiary/aromatic N) is 1. The summed E-state index contributed by atoms with van der Waals surface area (Å²) < 4.78 is 5.87. The van der Waals surface area contributed by atoms with Gasteiger partial charge in [-0.25, -0.2) is 0 Å². The first-order chi connectivity index (χ1) is 10.5. The number of hydrogen-bond acceptors (Lipinski definition) is 3. The second kappa shape index (κ2) is 7.63. The van der Waals surface area contributed by atoms with Gasteiger partial charge < -0.3 is 14.7 Å². The lowest BCUT2D eigenvalue weighted by molar-refractivity contribution is -0.142. The Hall–Kier alpha value is -1.55. The number of carbonyl (C=O) groups excluding carboxylic acids is 1. The lowest BCUT2D eigenvalue weighted by Gasteiger charge is -2.36. The number of rotatable bonds is 5. The van der Waals surface area contributed by atoms with Crippen molar-refractivity contribution in [2.45, 2.75) is 64.2 Å². The van der Waals surface area contributed by atoms with Crippen LogP contribution in [0.1, 0.15) is 45.1 Å². The zero-order chi connectivity index (χ0) is 16.1. The highest BCUT2D eigenvalue weighted by atomic mass is 16.5. The molecule has 0 aromatic heterocycles. The van der Waals surface area contributed by atoms with Crippen molar-refractivity contribution in [3.63, 3.8) is 0 Å². The Kier molecular flexibility index (Phi) is 5.83. The fourth-order valence-corrected chi connectivity index (χ4v) is 3.15. The number of para-hydroxylation sites is 1. The molecule has 1 N–H and O–H groups in total. The van der Waals surface area contributed by atoms with Gasteiger partial charge in [0.1, 0.15) is 5.75 Å². The van der Waals surface area contributed by atoms with Crippen LogP contribution in [0.15, 0.2) is 24.3 Å². The molecule has 0 bridgehead atoms. The van der Waals surface area contributed by atoms with E-state index in [0.717, 1.165) is 43.4 Å². The van der Waals surface area contributed by atoms with Crippen LogP contribution in [0.3, 0.4) is 0 Å². The quantitative estimate of drug-likeness (QED) is 0.910. The molecule has 0 saturated heterocycles. The maximum atomic E-state index is 12.6. The lowest BCUT2D eigenvalue weighted by Crippen LogP contribution is -2.50. The van der Waals surface area contributed by atoms with Gasteiger partial charge in [-0.15, -0.1) is 0 Å². The first-order valence-electron chi connectivity index (χ1n) is 8.24. The standard InChI is InChI=1S/C18H27NO3/c1-4-14-9-5-8-12-17(14)22-13(2)18(21)19(3)15-10-6-7-11-16(15)20/h5,8-9,12-13,15-16,20H,4,6-7,10-11H2,1-3H3/t13-,15+,16+/m0/s1. The van der Waals surface area contributed by atoms with Gasteiger partial charge in [0.2, 0.25) is 0 Å². The number of aryl methyl sites for hydroxylation is 1. The average Bonchev–Trinajstić information content (AvgIpc) is 2.54. The molecule has 0 unspecified atom stereocenters. The normalized spacial score (nSPS) is 22.9. The van der Waals surface area contributed by atoms with Crippen LogP contribution in [0.25, 0.3) is 0 Å². The molecule has 4 nitrogen and oxygen atoms in total. The number of benzene rings is 1. The third-order valence-corrected chi connectivity index (χ3v) is 4.54. The van der Waals surface area contributed by atoms with E-state index in [4.69, 9.17) is 4.74 Å². The fraction of sp³-hybridized carbons (Fsp3) is 0.611. The topological polar surface area (TPSA) is 49.8 Å². The molecule has 4 heteroatoms. The zero-order valence-electron chi connectivity index (χ0n) is 13.8. The smallest absolute Gasteiger partial charge is 0.263 e. The van der Waals surface area contributed by atoms with Gasteiger partial charge in [-0.1, -0.05) is 38.0 Å². The molecule has 122 valence electrons. The van der Waals surface area contributed by atoms with Crippen molar-refractivity contribution >= 4 is 5.91 Å². The van der Waals surface area contributed by atoms with E-state index in [9.17, 15) is 9.90 Å². The molecular formula is C18H27NO3. The van der Waals surface area contributed by atoms with Crippen LogP contribution in [0.4, 0.5) is 0 Å². The second-order valence-corrected chi connectivity index (χ2v) is 6.09. The molecule has 1 aliphatic carbocycles. The van der Waals surface area contributed by atoms with Gasteiger partial charge in [0.05, 0.1) is 12.1 Å². The predicted molar refractivity (Wildman–Crippen MR) is 86.9 cm³/mol. The first kappa shape index (κ1) is 16.8. The van der Waals surface area contributed by atoms with Crippen molar-refractivity contribution in [3.8, 4) is 5.75 Å². The summed E-state index contributed by atoms with van der Waals surface area (Å²) in [6.45, 7) is 3.85. The minimum Gasteiger partial charge on any atom is -0.481 e. The molecule has 1 saturated carbocycles. The van der Waals surface area contributed by atoms with Crippen molar-refractivity contribution in [2.24, 2.45) is 0 Å². The van der Waals surface area contributed by atoms with E-state index in [1.165, 1.54) is 0 Å². The first-order valence-corrected chi connectivity index (χ1v) is 8.24. The Balaban J connectivity index is 2.02. The third-order valence-electron chi connectivity index (χ3n) is 4.54. The summed E-state index contributed by atoms with van der Waals surface area (Å²) in [5.74, 6) is 0.695. The average molecular weight is 305 g/mol. The van der Waals surface area contributed by atoms with Crippen LogP contribution >= 0.6 is 0 Å². The predicted octanol–water partition coefficient (Wildman–Crippen LogP) is 2.78. The van der Waals surface area contributed by atoms with Crippen molar-refractivity contribution in [2.75, 3.05) is 7.05 Å². The number of amides is 1. The maximum Gasteiger partial charge on any atom is 0.263 e. The Bertz CT molecular complexity index is 503. The molecule has 22 heavy (non-hydrogen) atoms. The molecule has 0 radical (unpaired) electrons. The molecular weight excluding hydrogens is 278 g/mol. The van der Waals surface area contributed by atoms with Gasteiger partial charge >= 0.3 is 0 Å². The van der Waals surface area contributed by atoms with Crippen LogP contribution < -0.4 is 4.74 Å². The maximum absolute atomic E-state index is 12.6. The van der Waals surface area contributed by atoms with E-state index in [-0.39, 0.29) is 11.9 Å². The molecule has 0 heterocycles. The van der Waals surface area contributed by atoms with Crippen molar-refractivity contribution in [3.05, 3.63) is 29.8 Å². The Labute approximate surface area is 133 Å². The van der Waals surface area contributed by atoms with E-state index in [1.807, 2.05) is 24.3 Å². The minimum absolute atomic E-state index is 0.0724. The van der Waals surface area contributed by atoms with Crippen LogP contribution in [-0.4, -0.2) is 41.2 Å². The highest BCUT2D eigenvalue weighted by Gasteiger charge is 2.32. The van der Waals surface area contributed by atoms with Gasteiger partial charge in [-0.05, 0) is 37.8 Å². The summed E-state index contributed by atoms with van der Waals surface area (Å²) in [5, 5.41) is 10.1.